The second-order valence-corrected chi connectivity index (χ2v) is 8.59. The summed E-state index contributed by atoms with van der Waals surface area (Å²) in [5.41, 5.74) is 0.644. The van der Waals surface area contributed by atoms with Crippen molar-refractivity contribution in [2.45, 2.75) is 12.8 Å². The highest BCUT2D eigenvalue weighted by Crippen LogP contribution is 2.21. The van der Waals surface area contributed by atoms with E-state index < -0.39 is 0 Å². The van der Waals surface area contributed by atoms with Gasteiger partial charge in [0.25, 0.3) is 5.91 Å². The molecule has 1 unspecified atom stereocenters. The van der Waals surface area contributed by atoms with Gasteiger partial charge in [0, 0.05) is 70.6 Å². The van der Waals surface area contributed by atoms with Gasteiger partial charge in [-0.1, -0.05) is 6.07 Å². The maximum absolute atomic E-state index is 13.1. The van der Waals surface area contributed by atoms with Crippen LogP contribution in [0, 0.1) is 5.92 Å². The smallest absolute Gasteiger partial charge is 0.255 e. The number of carbonyl (C=O) groups is 1. The third-order valence-corrected chi connectivity index (χ3v) is 6.40. The van der Waals surface area contributed by atoms with Gasteiger partial charge in [0.15, 0.2) is 5.82 Å². The number of piperidine rings is 1. The van der Waals surface area contributed by atoms with Gasteiger partial charge in [-0.25, -0.2) is 14.6 Å². The minimum atomic E-state index is 0.0780. The molecule has 1 amide bonds. The van der Waals surface area contributed by atoms with E-state index >= 15 is 0 Å². The Morgan fingerprint density at radius 3 is 2.56 bits per heavy atom. The standard InChI is InChI=1S/C24H29N7O/c32-24(21-7-8-23(26-17-21)31-12-4-10-27-31)30-11-3-5-20(19-30)18-28-13-15-29(16-14-28)22-6-1-2-9-25-22/h1-2,4,6-10,12,17,20H,3,5,11,13-16,18-19H2. The van der Waals surface area contributed by atoms with Crippen LogP contribution in [0.5, 0.6) is 0 Å². The van der Waals surface area contributed by atoms with E-state index in [1.807, 2.05) is 47.6 Å². The second-order valence-electron chi connectivity index (χ2n) is 8.59. The molecule has 0 bridgehead atoms. The molecule has 2 fully saturated rings. The van der Waals surface area contributed by atoms with Crippen molar-refractivity contribution in [3.8, 4) is 5.82 Å². The van der Waals surface area contributed by atoms with Crippen molar-refractivity contribution in [1.29, 1.82) is 0 Å². The molecule has 3 aromatic heterocycles. The number of aromatic nitrogens is 4. The molecule has 1 atom stereocenters. The van der Waals surface area contributed by atoms with E-state index in [4.69, 9.17) is 0 Å². The molecule has 2 aliphatic heterocycles. The summed E-state index contributed by atoms with van der Waals surface area (Å²) < 4.78 is 1.69. The molecule has 5 rings (SSSR count). The van der Waals surface area contributed by atoms with Crippen molar-refractivity contribution < 1.29 is 4.79 Å². The number of hydrogen-bond acceptors (Lipinski definition) is 6. The molecular weight excluding hydrogens is 402 g/mol. The van der Waals surface area contributed by atoms with E-state index in [1.165, 1.54) is 6.42 Å². The summed E-state index contributed by atoms with van der Waals surface area (Å²) in [5, 5.41) is 4.19. The van der Waals surface area contributed by atoms with Gasteiger partial charge in [-0.2, -0.15) is 5.10 Å². The molecule has 0 aromatic carbocycles. The zero-order chi connectivity index (χ0) is 21.8. The van der Waals surface area contributed by atoms with Crippen molar-refractivity contribution in [2.24, 2.45) is 5.92 Å². The zero-order valence-corrected chi connectivity index (χ0v) is 18.3. The summed E-state index contributed by atoms with van der Waals surface area (Å²) in [6.07, 6.45) is 9.32. The number of piperazine rings is 1. The lowest BCUT2D eigenvalue weighted by Gasteiger charge is -2.39. The predicted octanol–water partition coefficient (Wildman–Crippen LogP) is 2.34. The summed E-state index contributed by atoms with van der Waals surface area (Å²) in [7, 11) is 0. The molecule has 2 saturated heterocycles. The number of pyridine rings is 2. The van der Waals surface area contributed by atoms with Crippen molar-refractivity contribution in [3.63, 3.8) is 0 Å². The molecule has 166 valence electrons. The molecule has 0 saturated carbocycles. The monoisotopic (exact) mass is 431 g/mol. The molecule has 32 heavy (non-hydrogen) atoms. The van der Waals surface area contributed by atoms with Crippen LogP contribution in [0.4, 0.5) is 5.82 Å². The van der Waals surface area contributed by atoms with Crippen LogP contribution >= 0.6 is 0 Å². The highest BCUT2D eigenvalue weighted by Gasteiger charge is 2.27. The van der Waals surface area contributed by atoms with Crippen LogP contribution in [0.3, 0.4) is 0 Å². The molecule has 2 aliphatic rings. The summed E-state index contributed by atoms with van der Waals surface area (Å²) in [4.78, 5) is 28.9. The van der Waals surface area contributed by atoms with Gasteiger partial charge in [0.05, 0.1) is 5.56 Å². The number of amides is 1. The van der Waals surface area contributed by atoms with Crippen molar-refractivity contribution in [2.75, 3.05) is 50.7 Å². The average Bonchev–Trinajstić information content (AvgIpc) is 3.40. The maximum Gasteiger partial charge on any atom is 0.255 e. The third-order valence-electron chi connectivity index (χ3n) is 6.40. The van der Waals surface area contributed by atoms with Crippen LogP contribution in [-0.4, -0.2) is 81.3 Å². The van der Waals surface area contributed by atoms with E-state index in [-0.39, 0.29) is 5.91 Å². The Kier molecular flexibility index (Phi) is 6.11. The van der Waals surface area contributed by atoms with Gasteiger partial charge >= 0.3 is 0 Å². The van der Waals surface area contributed by atoms with Gasteiger partial charge in [0.2, 0.25) is 0 Å². The van der Waals surface area contributed by atoms with Crippen molar-refractivity contribution in [3.05, 3.63) is 66.7 Å². The summed E-state index contributed by atoms with van der Waals surface area (Å²) in [6, 6.07) is 11.6. The quantitative estimate of drug-likeness (QED) is 0.618. The largest absolute Gasteiger partial charge is 0.354 e. The molecule has 5 heterocycles. The molecule has 0 spiro atoms. The molecule has 8 nitrogen and oxygen atoms in total. The fraction of sp³-hybridized carbons (Fsp3) is 0.417. The van der Waals surface area contributed by atoms with E-state index in [0.29, 0.717) is 17.3 Å². The first kappa shape index (κ1) is 20.6. The van der Waals surface area contributed by atoms with Gasteiger partial charge < -0.3 is 9.80 Å². The maximum atomic E-state index is 13.1. The van der Waals surface area contributed by atoms with Gasteiger partial charge in [-0.05, 0) is 49.1 Å². The minimum Gasteiger partial charge on any atom is -0.354 e. The average molecular weight is 432 g/mol. The number of carbonyl (C=O) groups excluding carboxylic acids is 1. The lowest BCUT2D eigenvalue weighted by molar-refractivity contribution is 0.0637. The van der Waals surface area contributed by atoms with Gasteiger partial charge in [-0.15, -0.1) is 0 Å². The molecule has 0 radical (unpaired) electrons. The summed E-state index contributed by atoms with van der Waals surface area (Å²) in [5.74, 6) is 2.38. The van der Waals surface area contributed by atoms with E-state index in [2.05, 4.69) is 30.9 Å². The second kappa shape index (κ2) is 9.48. The summed E-state index contributed by atoms with van der Waals surface area (Å²) in [6.45, 7) is 6.78. The van der Waals surface area contributed by atoms with Crippen LogP contribution in [0.2, 0.25) is 0 Å². The number of anilines is 1. The number of likely N-dealkylation sites (tertiary alicyclic amines) is 1. The highest BCUT2D eigenvalue weighted by atomic mass is 16.2. The topological polar surface area (TPSA) is 70.4 Å². The van der Waals surface area contributed by atoms with E-state index in [1.54, 1.807) is 17.1 Å². The lowest BCUT2D eigenvalue weighted by Crippen LogP contribution is -2.50. The normalized spacial score (nSPS) is 19.8. The first-order chi connectivity index (χ1) is 15.8. The predicted molar refractivity (Wildman–Crippen MR) is 123 cm³/mol. The van der Waals surface area contributed by atoms with Gasteiger partial charge in [-0.3, -0.25) is 9.69 Å². The number of hydrogen-bond donors (Lipinski definition) is 0. The lowest BCUT2D eigenvalue weighted by atomic mass is 9.96. The Hall–Kier alpha value is -3.26. The number of nitrogens with zero attached hydrogens (tertiary/aromatic N) is 7. The minimum absolute atomic E-state index is 0.0780. The highest BCUT2D eigenvalue weighted by molar-refractivity contribution is 5.94. The van der Waals surface area contributed by atoms with E-state index in [0.717, 1.165) is 58.1 Å². The van der Waals surface area contributed by atoms with Gasteiger partial charge in [0.1, 0.15) is 5.82 Å². The van der Waals surface area contributed by atoms with Crippen LogP contribution in [0.1, 0.15) is 23.2 Å². The molecule has 0 N–H and O–H groups in total. The Balaban J connectivity index is 1.14. The molecule has 3 aromatic rings. The molecule has 8 heteroatoms. The molecule has 0 aliphatic carbocycles. The first-order valence-corrected chi connectivity index (χ1v) is 11.4. The van der Waals surface area contributed by atoms with Crippen molar-refractivity contribution >= 4 is 11.7 Å². The summed E-state index contributed by atoms with van der Waals surface area (Å²) >= 11 is 0. The fourth-order valence-corrected chi connectivity index (χ4v) is 4.70. The van der Waals surface area contributed by atoms with Crippen LogP contribution < -0.4 is 4.90 Å². The van der Waals surface area contributed by atoms with Crippen LogP contribution in [0.15, 0.2) is 61.2 Å². The van der Waals surface area contributed by atoms with E-state index in [9.17, 15) is 4.79 Å². The fourth-order valence-electron chi connectivity index (χ4n) is 4.70. The Morgan fingerprint density at radius 2 is 1.84 bits per heavy atom. The third kappa shape index (κ3) is 4.65. The first-order valence-electron chi connectivity index (χ1n) is 11.4. The Morgan fingerprint density at radius 1 is 0.938 bits per heavy atom. The Labute approximate surface area is 188 Å². The number of rotatable bonds is 5. The van der Waals surface area contributed by atoms with Crippen LogP contribution in [0.25, 0.3) is 5.82 Å². The SMILES string of the molecule is O=C(c1ccc(-n2cccn2)nc1)N1CCCC(CN2CCN(c3ccccn3)CC2)C1. The van der Waals surface area contributed by atoms with Crippen molar-refractivity contribution in [1.82, 2.24) is 29.5 Å². The Bertz CT molecular complexity index is 999. The van der Waals surface area contributed by atoms with Crippen LogP contribution in [-0.2, 0) is 0 Å². The molecular formula is C24H29N7O. The zero-order valence-electron chi connectivity index (χ0n) is 18.3.